The molecule has 1 N–H and O–H groups in total. The number of fused-ring (bicyclic) bond motifs is 1. The average Bonchev–Trinajstić information content (AvgIpc) is 3.07. The lowest BCUT2D eigenvalue weighted by Crippen LogP contribution is -2.19. The molecule has 0 spiro atoms. The van der Waals surface area contributed by atoms with Gasteiger partial charge in [0, 0.05) is 26.3 Å². The Morgan fingerprint density at radius 2 is 2.00 bits per heavy atom. The van der Waals surface area contributed by atoms with Crippen LogP contribution >= 0.6 is 11.8 Å². The monoisotopic (exact) mass is 372 g/mol. The Bertz CT molecular complexity index is 1050. The van der Waals surface area contributed by atoms with Crippen LogP contribution in [0.5, 0.6) is 0 Å². The second-order valence-corrected chi connectivity index (χ2v) is 6.81. The van der Waals surface area contributed by atoms with Gasteiger partial charge in [0.05, 0.1) is 16.8 Å². The fourth-order valence-electron chi connectivity index (χ4n) is 2.72. The number of anilines is 1. The van der Waals surface area contributed by atoms with Crippen LogP contribution < -0.4 is 11.0 Å². The number of nitrogens with one attached hydrogen (secondary N) is 1. The van der Waals surface area contributed by atoms with Gasteiger partial charge in [0.15, 0.2) is 5.16 Å². The van der Waals surface area contributed by atoms with Crippen molar-refractivity contribution in [3.63, 3.8) is 0 Å². The van der Waals surface area contributed by atoms with E-state index in [1.54, 1.807) is 41.4 Å². The van der Waals surface area contributed by atoms with E-state index in [0.29, 0.717) is 17.4 Å². The van der Waals surface area contributed by atoms with Gasteiger partial charge in [-0.3, -0.25) is 13.9 Å². The Morgan fingerprint density at radius 3 is 2.73 bits per heavy atom. The maximum absolute atomic E-state index is 12.3. The van der Waals surface area contributed by atoms with E-state index in [2.05, 4.69) is 22.1 Å². The van der Waals surface area contributed by atoms with Crippen LogP contribution in [0.2, 0.25) is 0 Å². The van der Waals surface area contributed by atoms with E-state index in [4.69, 9.17) is 0 Å². The number of carbonyl (C=O) groups excluding carboxylic acids is 1. The van der Waals surface area contributed by atoms with Crippen LogP contribution in [-0.4, -0.2) is 35.6 Å². The van der Waals surface area contributed by atoms with Gasteiger partial charge >= 0.3 is 5.69 Å². The molecular weight excluding hydrogens is 352 g/mol. The van der Waals surface area contributed by atoms with E-state index in [1.165, 1.54) is 11.8 Å². The van der Waals surface area contributed by atoms with Crippen LogP contribution in [0.1, 0.15) is 5.82 Å². The summed E-state index contributed by atoms with van der Waals surface area (Å²) >= 11 is 1.32. The first-order valence-electron chi connectivity index (χ1n) is 8.01. The smallest absolute Gasteiger partial charge is 0.325 e. The fourth-order valence-corrected chi connectivity index (χ4v) is 3.51. The van der Waals surface area contributed by atoms with Crippen molar-refractivity contribution < 1.29 is 4.79 Å². The molecule has 0 fully saturated rings. The highest BCUT2D eigenvalue weighted by Gasteiger charge is 2.12. The minimum Gasteiger partial charge on any atom is -0.325 e. The Balaban J connectivity index is 1.71. The van der Waals surface area contributed by atoms with Crippen LogP contribution in [-0.2, 0) is 25.4 Å². The van der Waals surface area contributed by atoms with Crippen molar-refractivity contribution in [1.29, 1.82) is 0 Å². The highest BCUT2D eigenvalue weighted by molar-refractivity contribution is 7.99. The summed E-state index contributed by atoms with van der Waals surface area (Å²) < 4.78 is 5.03. The largest absolute Gasteiger partial charge is 0.328 e. The molecule has 1 amide bonds. The lowest BCUT2D eigenvalue weighted by molar-refractivity contribution is -0.113. The summed E-state index contributed by atoms with van der Waals surface area (Å²) in [6, 6.07) is 5.40. The van der Waals surface area contributed by atoms with E-state index in [-0.39, 0.29) is 17.3 Å². The van der Waals surface area contributed by atoms with E-state index in [1.807, 2.05) is 17.6 Å². The molecular formula is C17H20N6O2S. The van der Waals surface area contributed by atoms with Crippen molar-refractivity contribution in [2.75, 3.05) is 11.1 Å². The predicted molar refractivity (Wildman–Crippen MR) is 102 cm³/mol. The van der Waals surface area contributed by atoms with Crippen molar-refractivity contribution in [3.8, 4) is 0 Å². The predicted octanol–water partition coefficient (Wildman–Crippen LogP) is 1.69. The van der Waals surface area contributed by atoms with Crippen molar-refractivity contribution in [2.24, 2.45) is 14.1 Å². The highest BCUT2D eigenvalue weighted by atomic mass is 32.2. The first-order valence-corrected chi connectivity index (χ1v) is 8.99. The summed E-state index contributed by atoms with van der Waals surface area (Å²) in [5.74, 6) is 0.838. The number of aromatic nitrogens is 5. The SMILES string of the molecule is C=CCn1c(C)nnc1SCC(=O)Nc1ccc2c(c1)n(C)c(=O)n2C. The summed E-state index contributed by atoms with van der Waals surface area (Å²) in [4.78, 5) is 24.3. The Kier molecular flexibility index (Phi) is 4.99. The third kappa shape index (κ3) is 3.30. The lowest BCUT2D eigenvalue weighted by Gasteiger charge is -2.07. The van der Waals surface area contributed by atoms with Gasteiger partial charge in [0.2, 0.25) is 5.91 Å². The number of nitrogens with zero attached hydrogens (tertiary/aromatic N) is 5. The Hall–Kier alpha value is -2.81. The average molecular weight is 372 g/mol. The summed E-state index contributed by atoms with van der Waals surface area (Å²) in [6.07, 6.45) is 1.76. The second-order valence-electron chi connectivity index (χ2n) is 5.87. The van der Waals surface area contributed by atoms with Crippen LogP contribution in [0.15, 0.2) is 40.8 Å². The number of thioether (sulfide) groups is 1. The number of amides is 1. The molecule has 0 atom stereocenters. The number of hydrogen-bond donors (Lipinski definition) is 1. The van der Waals surface area contributed by atoms with Crippen molar-refractivity contribution in [2.45, 2.75) is 18.6 Å². The number of imidazole rings is 1. The first kappa shape index (κ1) is 18.0. The van der Waals surface area contributed by atoms with Crippen LogP contribution in [0.25, 0.3) is 11.0 Å². The van der Waals surface area contributed by atoms with E-state index in [9.17, 15) is 9.59 Å². The zero-order valence-electron chi connectivity index (χ0n) is 14.9. The van der Waals surface area contributed by atoms with Gasteiger partial charge in [-0.2, -0.15) is 0 Å². The highest BCUT2D eigenvalue weighted by Crippen LogP contribution is 2.20. The molecule has 0 bridgehead atoms. The quantitative estimate of drug-likeness (QED) is 0.526. The summed E-state index contributed by atoms with van der Waals surface area (Å²) in [6.45, 7) is 6.18. The third-order valence-corrected chi connectivity index (χ3v) is 5.07. The maximum Gasteiger partial charge on any atom is 0.328 e. The Labute approximate surface area is 154 Å². The van der Waals surface area contributed by atoms with Crippen LogP contribution in [0, 0.1) is 6.92 Å². The number of rotatable bonds is 6. The topological polar surface area (TPSA) is 86.7 Å². The van der Waals surface area contributed by atoms with Gasteiger partial charge in [0.1, 0.15) is 5.82 Å². The molecule has 1 aromatic carbocycles. The zero-order valence-corrected chi connectivity index (χ0v) is 15.7. The molecule has 8 nitrogen and oxygen atoms in total. The fraction of sp³-hybridized carbons (Fsp3) is 0.294. The molecule has 9 heteroatoms. The Morgan fingerprint density at radius 1 is 1.27 bits per heavy atom. The molecule has 0 saturated carbocycles. The second kappa shape index (κ2) is 7.20. The molecule has 2 aromatic heterocycles. The van der Waals surface area contributed by atoms with E-state index >= 15 is 0 Å². The normalized spacial score (nSPS) is 11.0. The third-order valence-electron chi connectivity index (χ3n) is 4.10. The number of hydrogen-bond acceptors (Lipinski definition) is 5. The number of aryl methyl sites for hydroxylation is 3. The van der Waals surface area contributed by atoms with Gasteiger partial charge in [-0.1, -0.05) is 17.8 Å². The van der Waals surface area contributed by atoms with Gasteiger partial charge in [-0.15, -0.1) is 16.8 Å². The van der Waals surface area contributed by atoms with Crippen molar-refractivity contribution in [3.05, 3.63) is 47.2 Å². The van der Waals surface area contributed by atoms with Crippen molar-refractivity contribution >= 4 is 34.4 Å². The van der Waals surface area contributed by atoms with Gasteiger partial charge < -0.3 is 9.88 Å². The molecule has 3 aromatic rings. The van der Waals surface area contributed by atoms with Crippen LogP contribution in [0.4, 0.5) is 5.69 Å². The summed E-state index contributed by atoms with van der Waals surface area (Å²) in [7, 11) is 3.43. The van der Waals surface area contributed by atoms with Gasteiger partial charge in [-0.05, 0) is 25.1 Å². The number of benzene rings is 1. The molecule has 0 unspecified atom stereocenters. The van der Waals surface area contributed by atoms with Crippen molar-refractivity contribution in [1.82, 2.24) is 23.9 Å². The molecule has 136 valence electrons. The lowest BCUT2D eigenvalue weighted by atomic mass is 10.2. The standard InChI is InChI=1S/C17H20N6O2S/c1-5-8-23-11(2)19-20-16(23)26-10-15(24)18-12-6-7-13-14(9-12)22(4)17(25)21(13)3/h5-7,9H,1,8,10H2,2-4H3,(H,18,24). The molecule has 0 aliphatic carbocycles. The molecule has 0 aliphatic rings. The zero-order chi connectivity index (χ0) is 18.8. The number of allylic oxidation sites excluding steroid dienone is 1. The van der Waals surface area contributed by atoms with Gasteiger partial charge in [-0.25, -0.2) is 4.79 Å². The molecule has 2 heterocycles. The molecule has 0 saturated heterocycles. The first-order chi connectivity index (χ1) is 12.4. The summed E-state index contributed by atoms with van der Waals surface area (Å²) in [5, 5.41) is 11.7. The van der Waals surface area contributed by atoms with Crippen LogP contribution in [0.3, 0.4) is 0 Å². The minimum absolute atomic E-state index is 0.101. The van der Waals surface area contributed by atoms with Gasteiger partial charge in [0.25, 0.3) is 0 Å². The molecule has 26 heavy (non-hydrogen) atoms. The molecule has 3 rings (SSSR count). The minimum atomic E-state index is -0.152. The van der Waals surface area contributed by atoms with E-state index < -0.39 is 0 Å². The number of carbonyl (C=O) groups is 1. The van der Waals surface area contributed by atoms with E-state index in [0.717, 1.165) is 16.9 Å². The maximum atomic E-state index is 12.3. The summed E-state index contributed by atoms with van der Waals surface area (Å²) in [5.41, 5.74) is 2.13. The molecule has 0 radical (unpaired) electrons. The molecule has 0 aliphatic heterocycles.